The molecular formula is C24H37IN6. The molecule has 0 spiro atoms. The summed E-state index contributed by atoms with van der Waals surface area (Å²) in [7, 11) is 3.87. The summed E-state index contributed by atoms with van der Waals surface area (Å²) >= 11 is 0. The van der Waals surface area contributed by atoms with Gasteiger partial charge in [0.15, 0.2) is 5.96 Å². The Bertz CT molecular complexity index is 838. The summed E-state index contributed by atoms with van der Waals surface area (Å²) in [5, 5.41) is 7.86. The summed E-state index contributed by atoms with van der Waals surface area (Å²) in [6, 6.07) is 9.05. The van der Waals surface area contributed by atoms with Crippen LogP contribution < -0.4 is 10.2 Å². The number of aryl methyl sites for hydroxylation is 1. The molecule has 2 saturated heterocycles. The molecule has 0 aliphatic carbocycles. The fourth-order valence-electron chi connectivity index (χ4n) is 4.71. The molecule has 0 saturated carbocycles. The number of anilines is 1. The predicted octanol–water partition coefficient (Wildman–Crippen LogP) is 3.91. The number of guanidine groups is 1. The van der Waals surface area contributed by atoms with Crippen LogP contribution in [0.25, 0.3) is 0 Å². The number of benzene rings is 1. The maximum atomic E-state index is 4.54. The molecule has 2 aromatic rings. The topological polar surface area (TPSA) is 48.7 Å². The summed E-state index contributed by atoms with van der Waals surface area (Å²) < 4.78 is 1.89. The van der Waals surface area contributed by atoms with Crippen molar-refractivity contribution < 1.29 is 0 Å². The van der Waals surface area contributed by atoms with Crippen molar-refractivity contribution in [1.29, 1.82) is 0 Å². The molecule has 2 aliphatic rings. The predicted molar refractivity (Wildman–Crippen MR) is 139 cm³/mol. The Kier molecular flexibility index (Phi) is 8.63. The quantitative estimate of drug-likeness (QED) is 0.358. The molecule has 7 heteroatoms. The molecule has 0 amide bonds. The molecule has 1 aromatic carbocycles. The van der Waals surface area contributed by atoms with Gasteiger partial charge in [-0.25, -0.2) is 0 Å². The molecule has 0 bridgehead atoms. The van der Waals surface area contributed by atoms with Crippen LogP contribution in [0.5, 0.6) is 0 Å². The first-order valence-corrected chi connectivity index (χ1v) is 11.4. The smallest absolute Gasteiger partial charge is 0.193 e. The minimum atomic E-state index is 0. The summed E-state index contributed by atoms with van der Waals surface area (Å²) in [5.41, 5.74) is 3.99. The lowest BCUT2D eigenvalue weighted by Gasteiger charge is -2.32. The maximum Gasteiger partial charge on any atom is 0.193 e. The molecule has 2 aliphatic heterocycles. The van der Waals surface area contributed by atoms with Crippen LogP contribution in [0.15, 0.2) is 41.7 Å². The second-order valence-electron chi connectivity index (χ2n) is 9.06. The zero-order valence-corrected chi connectivity index (χ0v) is 21.5. The molecule has 1 aromatic heterocycles. The van der Waals surface area contributed by atoms with Crippen molar-refractivity contribution in [1.82, 2.24) is 20.0 Å². The number of likely N-dealkylation sites (tertiary alicyclic amines) is 1. The van der Waals surface area contributed by atoms with Crippen LogP contribution >= 0.6 is 24.0 Å². The fourth-order valence-corrected chi connectivity index (χ4v) is 4.71. The third-order valence-electron chi connectivity index (χ3n) is 6.62. The number of hydrogen-bond donors (Lipinski definition) is 1. The number of halogens is 1. The van der Waals surface area contributed by atoms with Crippen molar-refractivity contribution in [2.45, 2.75) is 39.2 Å². The second-order valence-corrected chi connectivity index (χ2v) is 9.06. The lowest BCUT2D eigenvalue weighted by molar-refractivity contribution is 0.438. The highest BCUT2D eigenvalue weighted by Gasteiger charge is 2.25. The van der Waals surface area contributed by atoms with E-state index >= 15 is 0 Å². The van der Waals surface area contributed by atoms with Crippen LogP contribution in [0.2, 0.25) is 0 Å². The van der Waals surface area contributed by atoms with Crippen LogP contribution in [-0.2, 0) is 20.0 Å². The third-order valence-corrected chi connectivity index (χ3v) is 6.62. The van der Waals surface area contributed by atoms with E-state index in [1.165, 1.54) is 49.2 Å². The van der Waals surface area contributed by atoms with Gasteiger partial charge in [0.1, 0.15) is 0 Å². The number of nitrogens with one attached hydrogen (secondary N) is 1. The highest BCUT2D eigenvalue weighted by Crippen LogP contribution is 2.23. The van der Waals surface area contributed by atoms with Gasteiger partial charge in [-0.05, 0) is 60.8 Å². The van der Waals surface area contributed by atoms with Gasteiger partial charge in [-0.3, -0.25) is 9.67 Å². The van der Waals surface area contributed by atoms with Crippen molar-refractivity contribution in [2.24, 2.45) is 23.9 Å². The average Bonchev–Trinajstić information content (AvgIpc) is 3.39. The van der Waals surface area contributed by atoms with Gasteiger partial charge in [-0.15, -0.1) is 24.0 Å². The Labute approximate surface area is 204 Å². The molecular weight excluding hydrogens is 499 g/mol. The largest absolute Gasteiger partial charge is 0.372 e. The Morgan fingerprint density at radius 3 is 2.48 bits per heavy atom. The van der Waals surface area contributed by atoms with E-state index in [0.717, 1.165) is 37.9 Å². The average molecular weight is 537 g/mol. The van der Waals surface area contributed by atoms with Gasteiger partial charge in [0, 0.05) is 58.7 Å². The molecule has 31 heavy (non-hydrogen) atoms. The highest BCUT2D eigenvalue weighted by atomic mass is 127. The van der Waals surface area contributed by atoms with E-state index in [9.17, 15) is 0 Å². The van der Waals surface area contributed by atoms with Crippen molar-refractivity contribution >= 4 is 35.6 Å². The van der Waals surface area contributed by atoms with Gasteiger partial charge >= 0.3 is 0 Å². The number of hydrogen-bond acceptors (Lipinski definition) is 3. The first-order chi connectivity index (χ1) is 14.6. The summed E-state index contributed by atoms with van der Waals surface area (Å²) in [6.07, 6.45) is 9.03. The molecule has 4 rings (SSSR count). The minimum absolute atomic E-state index is 0. The second kappa shape index (κ2) is 11.2. The highest BCUT2D eigenvalue weighted by molar-refractivity contribution is 14.0. The van der Waals surface area contributed by atoms with E-state index in [1.54, 1.807) is 0 Å². The first kappa shape index (κ1) is 23.9. The van der Waals surface area contributed by atoms with Gasteiger partial charge < -0.3 is 15.1 Å². The third kappa shape index (κ3) is 6.37. The summed E-state index contributed by atoms with van der Waals surface area (Å²) in [6.45, 7) is 7.66. The zero-order valence-electron chi connectivity index (χ0n) is 19.1. The SMILES string of the molecule is CN=C(NCc1ccc(N2CCC(C)CC2)cc1)N1CCC(Cc2cnn(C)c2)C1.I. The van der Waals surface area contributed by atoms with Gasteiger partial charge in [0.25, 0.3) is 0 Å². The van der Waals surface area contributed by atoms with E-state index < -0.39 is 0 Å². The maximum absolute atomic E-state index is 4.54. The fraction of sp³-hybridized carbons (Fsp3) is 0.583. The molecule has 3 heterocycles. The van der Waals surface area contributed by atoms with Gasteiger partial charge in [0.2, 0.25) is 0 Å². The number of nitrogens with zero attached hydrogens (tertiary/aromatic N) is 5. The molecule has 1 unspecified atom stereocenters. The molecule has 170 valence electrons. The van der Waals surface area contributed by atoms with Gasteiger partial charge in [0.05, 0.1) is 6.20 Å². The van der Waals surface area contributed by atoms with E-state index in [0.29, 0.717) is 5.92 Å². The molecule has 1 N–H and O–H groups in total. The van der Waals surface area contributed by atoms with E-state index in [-0.39, 0.29) is 24.0 Å². The lowest BCUT2D eigenvalue weighted by atomic mass is 9.99. The number of rotatable bonds is 5. The van der Waals surface area contributed by atoms with Gasteiger partial charge in [-0.1, -0.05) is 19.1 Å². The first-order valence-electron chi connectivity index (χ1n) is 11.4. The Balaban J connectivity index is 0.00000272. The van der Waals surface area contributed by atoms with Crippen LogP contribution in [0, 0.1) is 11.8 Å². The Morgan fingerprint density at radius 2 is 1.84 bits per heavy atom. The van der Waals surface area contributed by atoms with Crippen molar-refractivity contribution in [2.75, 3.05) is 38.1 Å². The lowest BCUT2D eigenvalue weighted by Crippen LogP contribution is -2.39. The standard InChI is InChI=1S/C24H36N6.HI/c1-19-8-11-29(12-9-19)23-6-4-20(5-7-23)15-26-24(25-2)30-13-10-21(18-30)14-22-16-27-28(3)17-22;/h4-7,16-17,19,21H,8-15,18H2,1-3H3,(H,25,26);1H. The number of aromatic nitrogens is 2. The van der Waals surface area contributed by atoms with E-state index in [2.05, 4.69) is 62.6 Å². The van der Waals surface area contributed by atoms with Crippen LogP contribution in [-0.4, -0.2) is 53.9 Å². The molecule has 2 fully saturated rings. The molecule has 6 nitrogen and oxygen atoms in total. The normalized spacial score (nSPS) is 20.1. The van der Waals surface area contributed by atoms with Crippen LogP contribution in [0.3, 0.4) is 0 Å². The summed E-state index contributed by atoms with van der Waals surface area (Å²) in [5.74, 6) is 2.54. The van der Waals surface area contributed by atoms with E-state index in [1.807, 2.05) is 25.0 Å². The Hall–Kier alpha value is -1.77. The number of piperidine rings is 1. The Morgan fingerprint density at radius 1 is 1.10 bits per heavy atom. The minimum Gasteiger partial charge on any atom is -0.372 e. The van der Waals surface area contributed by atoms with Gasteiger partial charge in [-0.2, -0.15) is 5.10 Å². The van der Waals surface area contributed by atoms with Crippen LogP contribution in [0.1, 0.15) is 37.3 Å². The monoisotopic (exact) mass is 536 g/mol. The zero-order chi connectivity index (χ0) is 20.9. The van der Waals surface area contributed by atoms with Crippen molar-refractivity contribution in [3.63, 3.8) is 0 Å². The molecule has 1 atom stereocenters. The summed E-state index contributed by atoms with van der Waals surface area (Å²) in [4.78, 5) is 9.45. The van der Waals surface area contributed by atoms with Crippen molar-refractivity contribution in [3.05, 3.63) is 47.8 Å². The van der Waals surface area contributed by atoms with Crippen LogP contribution in [0.4, 0.5) is 5.69 Å². The van der Waals surface area contributed by atoms with Crippen molar-refractivity contribution in [3.8, 4) is 0 Å². The molecule has 0 radical (unpaired) electrons. The van der Waals surface area contributed by atoms with E-state index in [4.69, 9.17) is 0 Å². The number of aliphatic imine (C=N–C) groups is 1.